The van der Waals surface area contributed by atoms with E-state index in [0.29, 0.717) is 0 Å². The number of rotatable bonds is 3. The van der Waals surface area contributed by atoms with E-state index < -0.39 is 0 Å². The van der Waals surface area contributed by atoms with E-state index in [-0.39, 0.29) is 5.54 Å². The van der Waals surface area contributed by atoms with Crippen LogP contribution in [0.15, 0.2) is 24.3 Å². The summed E-state index contributed by atoms with van der Waals surface area (Å²) < 4.78 is 0. The van der Waals surface area contributed by atoms with Gasteiger partial charge in [0.25, 0.3) is 0 Å². The van der Waals surface area contributed by atoms with Crippen molar-refractivity contribution in [1.29, 1.82) is 5.26 Å². The molecule has 1 aliphatic rings. The lowest BCUT2D eigenvalue weighted by atomic mass is 9.88. The van der Waals surface area contributed by atoms with E-state index in [1.54, 1.807) is 0 Å². The standard InChI is InChI=1S/C15H21N3/c1-3-18-10-8-15(12-16,9-11-18)17-14-6-4-13(2)5-7-14/h4-7,17H,3,8-11H2,1-2H3. The zero-order chi connectivity index (χ0) is 13.0. The molecule has 0 unspecified atom stereocenters. The van der Waals surface area contributed by atoms with Gasteiger partial charge < -0.3 is 10.2 Å². The van der Waals surface area contributed by atoms with Gasteiger partial charge in [-0.3, -0.25) is 0 Å². The molecule has 1 fully saturated rings. The molecule has 0 atom stereocenters. The number of hydrogen-bond acceptors (Lipinski definition) is 3. The topological polar surface area (TPSA) is 39.1 Å². The molecule has 1 aromatic rings. The van der Waals surface area contributed by atoms with Crippen LogP contribution in [0.2, 0.25) is 0 Å². The van der Waals surface area contributed by atoms with Crippen LogP contribution in [0.3, 0.4) is 0 Å². The number of hydrogen-bond donors (Lipinski definition) is 1. The molecule has 0 saturated carbocycles. The van der Waals surface area contributed by atoms with Gasteiger partial charge in [-0.25, -0.2) is 0 Å². The quantitative estimate of drug-likeness (QED) is 0.887. The molecule has 0 aromatic heterocycles. The van der Waals surface area contributed by atoms with Gasteiger partial charge in [-0.05, 0) is 38.4 Å². The van der Waals surface area contributed by atoms with Crippen LogP contribution >= 0.6 is 0 Å². The number of benzene rings is 1. The fraction of sp³-hybridized carbons (Fsp3) is 0.533. The molecule has 1 N–H and O–H groups in total. The second-order valence-corrected chi connectivity index (χ2v) is 5.12. The number of nitrogens with zero attached hydrogens (tertiary/aromatic N) is 2. The van der Waals surface area contributed by atoms with Crippen molar-refractivity contribution in [3.63, 3.8) is 0 Å². The molecule has 3 nitrogen and oxygen atoms in total. The summed E-state index contributed by atoms with van der Waals surface area (Å²) in [6, 6.07) is 10.8. The first kappa shape index (κ1) is 12.9. The first-order valence-corrected chi connectivity index (χ1v) is 6.66. The number of anilines is 1. The summed E-state index contributed by atoms with van der Waals surface area (Å²) >= 11 is 0. The van der Waals surface area contributed by atoms with Crippen LogP contribution in [0.25, 0.3) is 0 Å². The second-order valence-electron chi connectivity index (χ2n) is 5.12. The van der Waals surface area contributed by atoms with E-state index in [4.69, 9.17) is 0 Å². The molecule has 0 bridgehead atoms. The van der Waals surface area contributed by atoms with E-state index in [0.717, 1.165) is 38.2 Å². The average Bonchev–Trinajstić information content (AvgIpc) is 2.42. The lowest BCUT2D eigenvalue weighted by Crippen LogP contribution is -2.48. The Balaban J connectivity index is 2.06. The van der Waals surface area contributed by atoms with Crippen molar-refractivity contribution in [2.24, 2.45) is 0 Å². The maximum atomic E-state index is 9.49. The van der Waals surface area contributed by atoms with E-state index >= 15 is 0 Å². The SMILES string of the molecule is CCN1CCC(C#N)(Nc2ccc(C)cc2)CC1. The summed E-state index contributed by atoms with van der Waals surface area (Å²) in [4.78, 5) is 2.40. The van der Waals surface area contributed by atoms with Gasteiger partial charge in [-0.1, -0.05) is 24.6 Å². The first-order chi connectivity index (χ1) is 8.67. The summed E-state index contributed by atoms with van der Waals surface area (Å²) in [5.41, 5.74) is 1.90. The summed E-state index contributed by atoms with van der Waals surface area (Å²) in [7, 11) is 0. The van der Waals surface area contributed by atoms with Crippen molar-refractivity contribution in [3.05, 3.63) is 29.8 Å². The number of nitriles is 1. The molecule has 1 aliphatic heterocycles. The molecule has 96 valence electrons. The minimum absolute atomic E-state index is 0.388. The van der Waals surface area contributed by atoms with Crippen LogP contribution in [0, 0.1) is 18.3 Å². The molecular weight excluding hydrogens is 222 g/mol. The number of aryl methyl sites for hydroxylation is 1. The Morgan fingerprint density at radius 3 is 2.39 bits per heavy atom. The summed E-state index contributed by atoms with van der Waals surface area (Å²) in [5, 5.41) is 12.9. The minimum Gasteiger partial charge on any atom is -0.367 e. The average molecular weight is 243 g/mol. The highest BCUT2D eigenvalue weighted by Gasteiger charge is 2.34. The molecule has 1 saturated heterocycles. The highest BCUT2D eigenvalue weighted by Crippen LogP contribution is 2.26. The predicted octanol–water partition coefficient (Wildman–Crippen LogP) is 2.79. The molecule has 0 amide bonds. The van der Waals surface area contributed by atoms with Crippen LogP contribution in [0.1, 0.15) is 25.3 Å². The molecule has 0 radical (unpaired) electrons. The molecule has 3 heteroatoms. The number of likely N-dealkylation sites (tertiary alicyclic amines) is 1. The van der Waals surface area contributed by atoms with Crippen molar-refractivity contribution in [1.82, 2.24) is 4.90 Å². The molecule has 2 rings (SSSR count). The highest BCUT2D eigenvalue weighted by molar-refractivity contribution is 5.49. The smallest absolute Gasteiger partial charge is 0.127 e. The highest BCUT2D eigenvalue weighted by atomic mass is 15.1. The van der Waals surface area contributed by atoms with E-state index in [9.17, 15) is 5.26 Å². The molecular formula is C15H21N3. The van der Waals surface area contributed by atoms with E-state index in [1.807, 2.05) is 0 Å². The fourth-order valence-corrected chi connectivity index (χ4v) is 2.43. The Morgan fingerprint density at radius 2 is 1.89 bits per heavy atom. The van der Waals surface area contributed by atoms with Gasteiger partial charge in [0.2, 0.25) is 0 Å². The monoisotopic (exact) mass is 243 g/mol. The van der Waals surface area contributed by atoms with E-state index in [2.05, 4.69) is 54.4 Å². The van der Waals surface area contributed by atoms with Gasteiger partial charge in [0.1, 0.15) is 5.54 Å². The van der Waals surface area contributed by atoms with Gasteiger partial charge in [0.05, 0.1) is 6.07 Å². The summed E-state index contributed by atoms with van der Waals surface area (Å²) in [6.07, 6.45) is 1.79. The third-order valence-corrected chi connectivity index (χ3v) is 3.81. The maximum absolute atomic E-state index is 9.49. The molecule has 0 aliphatic carbocycles. The van der Waals surface area contributed by atoms with Crippen LogP contribution in [-0.4, -0.2) is 30.1 Å². The van der Waals surface area contributed by atoms with Crippen LogP contribution in [0.4, 0.5) is 5.69 Å². The van der Waals surface area contributed by atoms with Crippen LogP contribution in [-0.2, 0) is 0 Å². The second kappa shape index (κ2) is 5.41. The van der Waals surface area contributed by atoms with Crippen molar-refractivity contribution in [2.45, 2.75) is 32.2 Å². The molecule has 18 heavy (non-hydrogen) atoms. The minimum atomic E-state index is -0.388. The zero-order valence-corrected chi connectivity index (χ0v) is 11.2. The summed E-state index contributed by atoms with van der Waals surface area (Å²) in [6.45, 7) is 7.33. The predicted molar refractivity (Wildman–Crippen MR) is 74.5 cm³/mol. The third-order valence-electron chi connectivity index (χ3n) is 3.81. The Kier molecular flexibility index (Phi) is 3.88. The first-order valence-electron chi connectivity index (χ1n) is 6.66. The van der Waals surface area contributed by atoms with Gasteiger partial charge in [0, 0.05) is 18.8 Å². The lowest BCUT2D eigenvalue weighted by Gasteiger charge is -2.37. The van der Waals surface area contributed by atoms with Crippen LogP contribution in [0.5, 0.6) is 0 Å². The van der Waals surface area contributed by atoms with Gasteiger partial charge in [-0.15, -0.1) is 0 Å². The van der Waals surface area contributed by atoms with E-state index in [1.165, 1.54) is 5.56 Å². The van der Waals surface area contributed by atoms with Gasteiger partial charge in [0.15, 0.2) is 0 Å². The Bertz CT molecular complexity index is 422. The molecule has 1 heterocycles. The van der Waals surface area contributed by atoms with Gasteiger partial charge in [-0.2, -0.15) is 5.26 Å². The number of nitrogens with one attached hydrogen (secondary N) is 1. The van der Waals surface area contributed by atoms with Crippen LogP contribution < -0.4 is 5.32 Å². The summed E-state index contributed by atoms with van der Waals surface area (Å²) in [5.74, 6) is 0. The van der Waals surface area contributed by atoms with Crippen molar-refractivity contribution in [3.8, 4) is 6.07 Å². The number of piperidine rings is 1. The zero-order valence-electron chi connectivity index (χ0n) is 11.2. The largest absolute Gasteiger partial charge is 0.367 e. The molecule has 0 spiro atoms. The van der Waals surface area contributed by atoms with Crippen molar-refractivity contribution >= 4 is 5.69 Å². The maximum Gasteiger partial charge on any atom is 0.127 e. The van der Waals surface area contributed by atoms with Crippen molar-refractivity contribution in [2.75, 3.05) is 25.0 Å². The van der Waals surface area contributed by atoms with Gasteiger partial charge >= 0.3 is 0 Å². The molecule has 1 aromatic carbocycles. The Hall–Kier alpha value is -1.53. The normalized spacial score (nSPS) is 19.2. The third kappa shape index (κ3) is 2.83. The fourth-order valence-electron chi connectivity index (χ4n) is 2.43. The lowest BCUT2D eigenvalue weighted by molar-refractivity contribution is 0.206. The Morgan fingerprint density at radius 1 is 1.28 bits per heavy atom. The van der Waals surface area contributed by atoms with Crippen molar-refractivity contribution < 1.29 is 0 Å². The Labute approximate surface area is 109 Å².